The summed E-state index contributed by atoms with van der Waals surface area (Å²) in [5.74, 6) is 0.870. The highest BCUT2D eigenvalue weighted by atomic mass is 19.4. The van der Waals surface area contributed by atoms with Gasteiger partial charge in [-0.05, 0) is 128 Å². The standard InChI is InChI=1S/C34H36F6N2O4/c1-45-31(43)41(17-18-11-24(33(35,36)37)15-25(12-18)34(38,39)40)28-16-27(19-5-6-19)42(29-14-23-4-2-3-22(23)13-26(28)29)32(44)46-30(20-7-8-20)21-9-10-21/h11-15,19-21,27-28,30H,2-10,16-17H2,1H3. The number of ether oxygens (including phenoxy) is 2. The van der Waals surface area contributed by atoms with E-state index in [9.17, 15) is 35.9 Å². The molecule has 7 rings (SSSR count). The zero-order valence-corrected chi connectivity index (χ0v) is 25.4. The number of benzene rings is 2. The Balaban J connectivity index is 1.29. The van der Waals surface area contributed by atoms with Gasteiger partial charge in [-0.15, -0.1) is 0 Å². The van der Waals surface area contributed by atoms with Gasteiger partial charge in [-0.3, -0.25) is 9.80 Å². The number of anilines is 1. The van der Waals surface area contributed by atoms with Gasteiger partial charge in [0.2, 0.25) is 0 Å². The lowest BCUT2D eigenvalue weighted by atomic mass is 9.86. The van der Waals surface area contributed by atoms with Crippen molar-refractivity contribution in [1.82, 2.24) is 4.90 Å². The van der Waals surface area contributed by atoms with Crippen molar-refractivity contribution in [2.45, 2.75) is 101 Å². The molecule has 2 aromatic rings. The molecule has 1 aliphatic heterocycles. The molecule has 0 saturated heterocycles. The third-order valence-corrected chi connectivity index (χ3v) is 10.2. The van der Waals surface area contributed by atoms with Crippen molar-refractivity contribution in [3.05, 3.63) is 63.7 Å². The summed E-state index contributed by atoms with van der Waals surface area (Å²) in [6.45, 7) is -0.547. The molecule has 2 unspecified atom stereocenters. The molecule has 3 saturated carbocycles. The lowest BCUT2D eigenvalue weighted by molar-refractivity contribution is -0.143. The van der Waals surface area contributed by atoms with Crippen molar-refractivity contribution in [3.63, 3.8) is 0 Å². The summed E-state index contributed by atoms with van der Waals surface area (Å²) in [6, 6.07) is 4.19. The van der Waals surface area contributed by atoms with Gasteiger partial charge in [-0.25, -0.2) is 9.59 Å². The average Bonchev–Trinajstić information content (AvgIpc) is 3.86. The summed E-state index contributed by atoms with van der Waals surface area (Å²) < 4.78 is 93.6. The zero-order chi connectivity index (χ0) is 32.5. The van der Waals surface area contributed by atoms with Crippen LogP contribution in [0.1, 0.15) is 90.8 Å². The maximum atomic E-state index is 14.1. The molecule has 1 heterocycles. The van der Waals surface area contributed by atoms with Gasteiger partial charge in [0.05, 0.1) is 30.0 Å². The Labute approximate surface area is 263 Å². The molecule has 4 aliphatic carbocycles. The van der Waals surface area contributed by atoms with Crippen LogP contribution in [0.3, 0.4) is 0 Å². The van der Waals surface area contributed by atoms with E-state index in [1.807, 2.05) is 12.1 Å². The van der Waals surface area contributed by atoms with Crippen molar-refractivity contribution in [3.8, 4) is 0 Å². The van der Waals surface area contributed by atoms with Crippen LogP contribution in [0.2, 0.25) is 0 Å². The van der Waals surface area contributed by atoms with E-state index in [-0.39, 0.29) is 36.1 Å². The molecule has 0 spiro atoms. The number of methoxy groups -OCH3 is 1. The van der Waals surface area contributed by atoms with Crippen LogP contribution < -0.4 is 4.90 Å². The summed E-state index contributed by atoms with van der Waals surface area (Å²) in [5, 5.41) is 0. The summed E-state index contributed by atoms with van der Waals surface area (Å²) in [5.41, 5.74) is 0.139. The van der Waals surface area contributed by atoms with E-state index in [4.69, 9.17) is 9.47 Å². The SMILES string of the molecule is COC(=O)N(Cc1cc(C(F)(F)F)cc(C(F)(F)F)c1)C1CC(C2CC2)N(C(=O)OC(C2CC2)C2CC2)c2cc3c(cc21)CCC3. The monoisotopic (exact) mass is 650 g/mol. The maximum absolute atomic E-state index is 14.1. The lowest BCUT2D eigenvalue weighted by Gasteiger charge is -2.44. The fraction of sp³-hybridized carbons (Fsp3) is 0.588. The van der Waals surface area contributed by atoms with Crippen molar-refractivity contribution >= 4 is 17.9 Å². The average molecular weight is 651 g/mol. The van der Waals surface area contributed by atoms with Crippen LogP contribution in [0.15, 0.2) is 30.3 Å². The minimum absolute atomic E-state index is 0.0777. The number of aryl methyl sites for hydroxylation is 2. The Kier molecular flexibility index (Phi) is 7.70. The molecule has 0 N–H and O–H groups in total. The number of nitrogens with zero attached hydrogens (tertiary/aromatic N) is 2. The highest BCUT2D eigenvalue weighted by Gasteiger charge is 2.50. The first kappa shape index (κ1) is 31.2. The third kappa shape index (κ3) is 6.15. The Hall–Kier alpha value is -3.44. The zero-order valence-electron chi connectivity index (χ0n) is 25.4. The molecule has 46 heavy (non-hydrogen) atoms. The smallest absolute Gasteiger partial charge is 0.416 e. The van der Waals surface area contributed by atoms with Gasteiger partial charge in [0.25, 0.3) is 0 Å². The molecule has 3 fully saturated rings. The van der Waals surface area contributed by atoms with E-state index >= 15 is 0 Å². The Morgan fingerprint density at radius 3 is 1.98 bits per heavy atom. The van der Waals surface area contributed by atoms with E-state index < -0.39 is 48.3 Å². The molecule has 2 amide bonds. The number of amides is 2. The van der Waals surface area contributed by atoms with Crippen LogP contribution in [0.25, 0.3) is 0 Å². The minimum Gasteiger partial charge on any atom is -0.453 e. The van der Waals surface area contributed by atoms with Crippen LogP contribution in [0.4, 0.5) is 41.6 Å². The van der Waals surface area contributed by atoms with Crippen LogP contribution in [-0.4, -0.2) is 36.3 Å². The molecule has 2 atom stereocenters. The van der Waals surface area contributed by atoms with Crippen molar-refractivity contribution in [2.24, 2.45) is 17.8 Å². The molecule has 0 radical (unpaired) electrons. The Morgan fingerprint density at radius 1 is 0.870 bits per heavy atom. The maximum Gasteiger partial charge on any atom is 0.416 e. The topological polar surface area (TPSA) is 59.1 Å². The quantitative estimate of drug-likeness (QED) is 0.281. The number of rotatable bonds is 7. The first-order valence-electron chi connectivity index (χ1n) is 16.1. The van der Waals surface area contributed by atoms with E-state index in [0.29, 0.717) is 35.2 Å². The number of carbonyl (C=O) groups is 2. The fourth-order valence-electron chi connectivity index (χ4n) is 7.49. The van der Waals surface area contributed by atoms with Crippen LogP contribution >= 0.6 is 0 Å². The molecule has 12 heteroatoms. The predicted molar refractivity (Wildman–Crippen MR) is 155 cm³/mol. The second-order valence-corrected chi connectivity index (χ2v) is 13.6. The number of carbonyl (C=O) groups excluding carboxylic acids is 2. The molecule has 0 bridgehead atoms. The fourth-order valence-corrected chi connectivity index (χ4v) is 7.49. The van der Waals surface area contributed by atoms with Crippen molar-refractivity contribution < 1.29 is 45.4 Å². The minimum atomic E-state index is -5.03. The third-order valence-electron chi connectivity index (χ3n) is 10.2. The molecular formula is C34H36F6N2O4. The molecular weight excluding hydrogens is 614 g/mol. The van der Waals surface area contributed by atoms with Crippen molar-refractivity contribution in [1.29, 1.82) is 0 Å². The second kappa shape index (κ2) is 11.4. The van der Waals surface area contributed by atoms with E-state index in [1.165, 1.54) is 4.90 Å². The van der Waals surface area contributed by atoms with Crippen molar-refractivity contribution in [2.75, 3.05) is 12.0 Å². The van der Waals surface area contributed by atoms with Gasteiger partial charge in [0, 0.05) is 12.6 Å². The summed E-state index contributed by atoms with van der Waals surface area (Å²) in [6.07, 6.45) is -2.85. The highest BCUT2D eigenvalue weighted by molar-refractivity contribution is 5.91. The molecule has 6 nitrogen and oxygen atoms in total. The van der Waals surface area contributed by atoms with Gasteiger partial charge in [0.1, 0.15) is 6.10 Å². The number of alkyl halides is 6. The molecule has 2 aromatic carbocycles. The molecule has 0 aromatic heterocycles. The highest BCUT2D eigenvalue weighted by Crippen LogP contribution is 2.52. The summed E-state index contributed by atoms with van der Waals surface area (Å²) in [4.78, 5) is 30.4. The van der Waals surface area contributed by atoms with Gasteiger partial charge in [-0.1, -0.05) is 6.07 Å². The Bertz CT molecular complexity index is 1480. The van der Waals surface area contributed by atoms with Gasteiger partial charge in [-0.2, -0.15) is 26.3 Å². The van der Waals surface area contributed by atoms with E-state index in [0.717, 1.165) is 76.0 Å². The first-order valence-corrected chi connectivity index (χ1v) is 16.1. The largest absolute Gasteiger partial charge is 0.453 e. The number of halogens is 6. The number of fused-ring (bicyclic) bond motifs is 2. The summed E-state index contributed by atoms with van der Waals surface area (Å²) >= 11 is 0. The van der Waals surface area contributed by atoms with E-state index in [2.05, 4.69) is 0 Å². The number of hydrogen-bond donors (Lipinski definition) is 0. The van der Waals surface area contributed by atoms with Gasteiger partial charge >= 0.3 is 24.5 Å². The number of hydrogen-bond acceptors (Lipinski definition) is 4. The van der Waals surface area contributed by atoms with Gasteiger partial charge < -0.3 is 9.47 Å². The second-order valence-electron chi connectivity index (χ2n) is 13.6. The Morgan fingerprint density at radius 2 is 1.46 bits per heavy atom. The first-order chi connectivity index (χ1) is 21.8. The van der Waals surface area contributed by atoms with Crippen LogP contribution in [-0.2, 0) is 41.2 Å². The molecule has 248 valence electrons. The van der Waals surface area contributed by atoms with E-state index in [1.54, 1.807) is 4.90 Å². The van der Waals surface area contributed by atoms with Gasteiger partial charge in [0.15, 0.2) is 0 Å². The normalized spacial score (nSPS) is 22.8. The summed E-state index contributed by atoms with van der Waals surface area (Å²) in [7, 11) is 1.13. The van der Waals surface area contributed by atoms with Crippen LogP contribution in [0.5, 0.6) is 0 Å². The predicted octanol–water partition coefficient (Wildman–Crippen LogP) is 8.84. The molecule has 5 aliphatic rings. The lowest BCUT2D eigenvalue weighted by Crippen LogP contribution is -2.50. The van der Waals surface area contributed by atoms with Crippen LogP contribution in [0, 0.1) is 17.8 Å².